The second-order valence-corrected chi connectivity index (χ2v) is 7.69. The fraction of sp³-hybridized carbons (Fsp3) is 0.273. The van der Waals surface area contributed by atoms with Gasteiger partial charge in [0.1, 0.15) is 5.75 Å². The lowest BCUT2D eigenvalue weighted by atomic mass is 10.2. The van der Waals surface area contributed by atoms with E-state index < -0.39 is 0 Å². The predicted octanol–water partition coefficient (Wildman–Crippen LogP) is 6.87. The highest BCUT2D eigenvalue weighted by atomic mass is 35.5. The van der Waals surface area contributed by atoms with E-state index in [4.69, 9.17) is 16.3 Å². The molecule has 0 aliphatic carbocycles. The molecule has 3 aromatic rings. The number of halogens is 1. The van der Waals surface area contributed by atoms with Crippen LogP contribution >= 0.6 is 22.9 Å². The number of nitrogens with zero attached hydrogens (tertiary/aromatic N) is 2. The lowest BCUT2D eigenvalue weighted by molar-refractivity contribution is 0.305. The van der Waals surface area contributed by atoms with E-state index in [-0.39, 0.29) is 0 Å². The molecule has 28 heavy (non-hydrogen) atoms. The van der Waals surface area contributed by atoms with Gasteiger partial charge in [0, 0.05) is 16.0 Å². The van der Waals surface area contributed by atoms with Crippen LogP contribution in [-0.2, 0) is 0 Å². The Morgan fingerprint density at radius 1 is 1.07 bits per heavy atom. The van der Waals surface area contributed by atoms with Gasteiger partial charge in [-0.15, -0.1) is 11.3 Å². The molecule has 0 aliphatic heterocycles. The third-order valence-electron chi connectivity index (χ3n) is 4.16. The van der Waals surface area contributed by atoms with Crippen LogP contribution in [0.25, 0.3) is 11.3 Å². The standard InChI is InChI=1S/C22H24ClN3OS/c1-2-3-4-5-14-27-20-12-6-17(7-13-20)15-24-26-22-25-21(16-28-22)18-8-10-19(23)11-9-18/h6-13,15-16H,2-5,14H2,1H3,(H,25,26)/b24-15-. The number of rotatable bonds is 10. The summed E-state index contributed by atoms with van der Waals surface area (Å²) < 4.78 is 5.76. The molecule has 4 nitrogen and oxygen atoms in total. The molecule has 0 spiro atoms. The van der Waals surface area contributed by atoms with Crippen LogP contribution in [-0.4, -0.2) is 17.8 Å². The van der Waals surface area contributed by atoms with E-state index in [1.807, 2.05) is 53.9 Å². The van der Waals surface area contributed by atoms with Gasteiger partial charge in [-0.05, 0) is 48.4 Å². The number of benzene rings is 2. The molecular formula is C22H24ClN3OS. The molecule has 0 saturated heterocycles. The fourth-order valence-corrected chi connectivity index (χ4v) is 3.40. The van der Waals surface area contributed by atoms with Gasteiger partial charge >= 0.3 is 0 Å². The quantitative estimate of drug-likeness (QED) is 0.224. The Morgan fingerprint density at radius 3 is 2.61 bits per heavy atom. The highest BCUT2D eigenvalue weighted by Crippen LogP contribution is 2.25. The van der Waals surface area contributed by atoms with Crippen LogP contribution in [0.3, 0.4) is 0 Å². The van der Waals surface area contributed by atoms with Crippen molar-refractivity contribution in [2.45, 2.75) is 32.6 Å². The highest BCUT2D eigenvalue weighted by molar-refractivity contribution is 7.14. The zero-order chi connectivity index (χ0) is 19.6. The van der Waals surface area contributed by atoms with Crippen molar-refractivity contribution in [2.24, 2.45) is 5.10 Å². The average Bonchev–Trinajstić information content (AvgIpc) is 3.18. The summed E-state index contributed by atoms with van der Waals surface area (Å²) in [7, 11) is 0. The first-order chi connectivity index (χ1) is 13.7. The lowest BCUT2D eigenvalue weighted by Gasteiger charge is -2.05. The number of hydrogen-bond donors (Lipinski definition) is 1. The number of hydrogen-bond acceptors (Lipinski definition) is 5. The second kappa shape index (κ2) is 10.8. The first-order valence-corrected chi connectivity index (χ1v) is 10.7. The topological polar surface area (TPSA) is 46.5 Å². The van der Waals surface area contributed by atoms with Gasteiger partial charge in [-0.25, -0.2) is 4.98 Å². The maximum atomic E-state index is 5.93. The molecule has 0 atom stereocenters. The third kappa shape index (κ3) is 6.36. The van der Waals surface area contributed by atoms with Gasteiger partial charge in [0.2, 0.25) is 5.13 Å². The van der Waals surface area contributed by atoms with Crippen molar-refractivity contribution in [1.82, 2.24) is 4.98 Å². The fourth-order valence-electron chi connectivity index (χ4n) is 2.61. The van der Waals surface area contributed by atoms with Gasteiger partial charge in [-0.1, -0.05) is 49.9 Å². The van der Waals surface area contributed by atoms with E-state index in [0.29, 0.717) is 0 Å². The normalized spacial score (nSPS) is 11.1. The van der Waals surface area contributed by atoms with E-state index >= 15 is 0 Å². The summed E-state index contributed by atoms with van der Waals surface area (Å²) in [5.41, 5.74) is 5.92. The second-order valence-electron chi connectivity index (χ2n) is 6.39. The van der Waals surface area contributed by atoms with E-state index in [9.17, 15) is 0 Å². The summed E-state index contributed by atoms with van der Waals surface area (Å²) in [6.07, 6.45) is 6.61. The molecule has 0 bridgehead atoms. The Bertz CT molecular complexity index is 876. The average molecular weight is 414 g/mol. The number of ether oxygens (including phenoxy) is 1. The molecule has 3 rings (SSSR count). The number of nitrogens with one attached hydrogen (secondary N) is 1. The lowest BCUT2D eigenvalue weighted by Crippen LogP contribution is -1.97. The van der Waals surface area contributed by atoms with E-state index in [1.54, 1.807) is 6.21 Å². The van der Waals surface area contributed by atoms with Crippen LogP contribution in [0.2, 0.25) is 5.02 Å². The Morgan fingerprint density at radius 2 is 1.86 bits per heavy atom. The monoisotopic (exact) mass is 413 g/mol. The smallest absolute Gasteiger partial charge is 0.203 e. The van der Waals surface area contributed by atoms with E-state index in [2.05, 4.69) is 22.4 Å². The Hall–Kier alpha value is -2.37. The van der Waals surface area contributed by atoms with Gasteiger partial charge in [0.15, 0.2) is 0 Å². The SMILES string of the molecule is CCCCCCOc1ccc(/C=N\Nc2nc(-c3ccc(Cl)cc3)cs2)cc1. The van der Waals surface area contributed by atoms with Crippen molar-refractivity contribution >= 4 is 34.3 Å². The minimum Gasteiger partial charge on any atom is -0.494 e. The van der Waals surface area contributed by atoms with E-state index in [0.717, 1.165) is 45.8 Å². The third-order valence-corrected chi connectivity index (χ3v) is 5.16. The number of aromatic nitrogens is 1. The predicted molar refractivity (Wildman–Crippen MR) is 120 cm³/mol. The van der Waals surface area contributed by atoms with Crippen LogP contribution in [0, 0.1) is 0 Å². The number of anilines is 1. The first kappa shape index (κ1) is 20.4. The van der Waals surface area contributed by atoms with Crippen molar-refractivity contribution in [3.8, 4) is 17.0 Å². The Labute approximate surface area is 175 Å². The molecule has 0 unspecified atom stereocenters. The molecule has 1 N–H and O–H groups in total. The van der Waals surface area contributed by atoms with Crippen molar-refractivity contribution < 1.29 is 4.74 Å². The maximum Gasteiger partial charge on any atom is 0.203 e. The summed E-state index contributed by atoms with van der Waals surface area (Å²) in [6, 6.07) is 15.6. The molecule has 1 heterocycles. The molecule has 2 aromatic carbocycles. The molecule has 146 valence electrons. The van der Waals surface area contributed by atoms with Crippen molar-refractivity contribution in [3.05, 3.63) is 64.5 Å². The van der Waals surface area contributed by atoms with Crippen LogP contribution < -0.4 is 10.2 Å². The molecule has 1 aromatic heterocycles. The summed E-state index contributed by atoms with van der Waals surface area (Å²) in [5, 5.41) is 7.72. The van der Waals surface area contributed by atoms with Gasteiger partial charge in [-0.3, -0.25) is 5.43 Å². The maximum absolute atomic E-state index is 5.93. The van der Waals surface area contributed by atoms with Crippen LogP contribution in [0.5, 0.6) is 5.75 Å². The van der Waals surface area contributed by atoms with Crippen molar-refractivity contribution in [2.75, 3.05) is 12.0 Å². The largest absolute Gasteiger partial charge is 0.494 e. The first-order valence-electron chi connectivity index (χ1n) is 9.48. The van der Waals surface area contributed by atoms with E-state index in [1.165, 1.54) is 30.6 Å². The minimum absolute atomic E-state index is 0.717. The van der Waals surface area contributed by atoms with Gasteiger partial charge in [0.05, 0.1) is 18.5 Å². The zero-order valence-electron chi connectivity index (χ0n) is 15.9. The highest BCUT2D eigenvalue weighted by Gasteiger charge is 2.03. The van der Waals surface area contributed by atoms with Crippen LogP contribution in [0.1, 0.15) is 38.2 Å². The molecule has 0 saturated carbocycles. The molecule has 0 aliphatic rings. The van der Waals surface area contributed by atoms with Gasteiger partial charge in [0.25, 0.3) is 0 Å². The summed E-state index contributed by atoms with van der Waals surface area (Å²) in [6.45, 7) is 2.98. The molecular weight excluding hydrogens is 390 g/mol. The number of thiazole rings is 1. The minimum atomic E-state index is 0.717. The van der Waals surface area contributed by atoms with Crippen molar-refractivity contribution in [3.63, 3.8) is 0 Å². The Balaban J connectivity index is 1.47. The molecule has 0 radical (unpaired) electrons. The van der Waals surface area contributed by atoms with Crippen LogP contribution in [0.4, 0.5) is 5.13 Å². The molecule has 0 amide bonds. The zero-order valence-corrected chi connectivity index (χ0v) is 17.5. The summed E-state index contributed by atoms with van der Waals surface area (Å²) >= 11 is 7.44. The summed E-state index contributed by atoms with van der Waals surface area (Å²) in [5.74, 6) is 0.897. The van der Waals surface area contributed by atoms with Gasteiger partial charge in [-0.2, -0.15) is 5.10 Å². The summed E-state index contributed by atoms with van der Waals surface area (Å²) in [4.78, 5) is 4.54. The van der Waals surface area contributed by atoms with Crippen LogP contribution in [0.15, 0.2) is 59.0 Å². The molecule has 6 heteroatoms. The number of unbranched alkanes of at least 4 members (excludes halogenated alkanes) is 3. The van der Waals surface area contributed by atoms with Crippen molar-refractivity contribution in [1.29, 1.82) is 0 Å². The number of hydrazone groups is 1. The van der Waals surface area contributed by atoms with Gasteiger partial charge < -0.3 is 4.74 Å². The Kier molecular flexibility index (Phi) is 7.88. The molecule has 0 fully saturated rings.